The Morgan fingerprint density at radius 3 is 2.58 bits per heavy atom. The molecule has 1 saturated carbocycles. The number of hydrogen-bond acceptors (Lipinski definition) is 0. The highest BCUT2D eigenvalue weighted by atomic mass is 14.9. The molecule has 2 aromatic rings. The van der Waals surface area contributed by atoms with Crippen LogP contribution in [-0.4, -0.2) is 0 Å². The van der Waals surface area contributed by atoms with Gasteiger partial charge in [0.05, 0.1) is 11.4 Å². The fourth-order valence-corrected chi connectivity index (χ4v) is 3.70. The lowest BCUT2D eigenvalue weighted by Crippen LogP contribution is -2.00. The van der Waals surface area contributed by atoms with Crippen LogP contribution in [0.1, 0.15) is 42.7 Å². The zero-order chi connectivity index (χ0) is 12.8. The number of benzene rings is 2. The Bertz CT molecular complexity index is 636. The Balaban J connectivity index is 1.90. The van der Waals surface area contributed by atoms with Gasteiger partial charge in [-0.1, -0.05) is 43.2 Å². The second kappa shape index (κ2) is 4.12. The summed E-state index contributed by atoms with van der Waals surface area (Å²) in [5, 5.41) is 4.92. The third-order valence-corrected chi connectivity index (χ3v) is 4.62. The Labute approximate surface area is 114 Å². The monoisotopic (exact) mass is 248 g/mol. The van der Waals surface area contributed by atoms with Gasteiger partial charge in [0.25, 0.3) is 0 Å². The van der Waals surface area contributed by atoms with E-state index in [1.165, 1.54) is 53.6 Å². The third kappa shape index (κ3) is 1.61. The van der Waals surface area contributed by atoms with E-state index in [1.807, 2.05) is 0 Å². The molecule has 1 nitrogen and oxygen atoms in total. The molecule has 2 aliphatic rings. The van der Waals surface area contributed by atoms with Crippen LogP contribution in [0.3, 0.4) is 0 Å². The number of hydrogen-bond donors (Lipinski definition) is 0. The number of rotatable bonds is 1. The van der Waals surface area contributed by atoms with E-state index in [-0.39, 0.29) is 0 Å². The van der Waals surface area contributed by atoms with Crippen molar-refractivity contribution in [3.63, 3.8) is 0 Å². The van der Waals surface area contributed by atoms with Crippen molar-refractivity contribution in [3.05, 3.63) is 47.5 Å². The Morgan fingerprint density at radius 2 is 1.74 bits per heavy atom. The standard InChI is InChI=1S/C18H18N/c1-12-10-11-15-14-8-4-5-9-16(14)19-18(15)17(12)13-6-2-3-7-13/h4-5,8-11,13H,2-3,6-7H2,1H3. The van der Waals surface area contributed by atoms with E-state index in [9.17, 15) is 0 Å². The van der Waals surface area contributed by atoms with Gasteiger partial charge in [-0.15, -0.1) is 0 Å². The van der Waals surface area contributed by atoms with E-state index in [1.54, 1.807) is 0 Å². The molecule has 0 unspecified atom stereocenters. The highest BCUT2D eigenvalue weighted by Gasteiger charge is 2.28. The van der Waals surface area contributed by atoms with Gasteiger partial charge in [0, 0.05) is 11.1 Å². The van der Waals surface area contributed by atoms with Crippen LogP contribution in [0.15, 0.2) is 36.4 Å². The first-order valence-corrected chi connectivity index (χ1v) is 7.29. The second-order valence-electron chi connectivity index (χ2n) is 5.80. The van der Waals surface area contributed by atoms with Gasteiger partial charge in [-0.3, -0.25) is 0 Å². The van der Waals surface area contributed by atoms with Gasteiger partial charge in [0.2, 0.25) is 0 Å². The van der Waals surface area contributed by atoms with Crippen molar-refractivity contribution in [3.8, 4) is 11.1 Å². The zero-order valence-corrected chi connectivity index (χ0v) is 11.3. The number of para-hydroxylation sites is 1. The summed E-state index contributed by atoms with van der Waals surface area (Å²) >= 11 is 0. The molecule has 4 rings (SSSR count). The molecule has 1 aliphatic carbocycles. The molecule has 0 N–H and O–H groups in total. The fraction of sp³-hybridized carbons (Fsp3) is 0.333. The molecule has 19 heavy (non-hydrogen) atoms. The van der Waals surface area contributed by atoms with E-state index in [4.69, 9.17) is 5.32 Å². The Kier molecular flexibility index (Phi) is 2.41. The van der Waals surface area contributed by atoms with Gasteiger partial charge in [0.1, 0.15) is 0 Å². The van der Waals surface area contributed by atoms with Crippen molar-refractivity contribution in [1.29, 1.82) is 0 Å². The highest BCUT2D eigenvalue weighted by Crippen LogP contribution is 2.49. The molecule has 1 heteroatoms. The average molecular weight is 248 g/mol. The first kappa shape index (κ1) is 11.1. The van der Waals surface area contributed by atoms with E-state index in [0.717, 1.165) is 11.6 Å². The molecule has 95 valence electrons. The summed E-state index contributed by atoms with van der Waals surface area (Å²) in [6.45, 7) is 2.24. The molecule has 1 radical (unpaired) electrons. The van der Waals surface area contributed by atoms with Crippen molar-refractivity contribution in [2.45, 2.75) is 38.5 Å². The molecule has 0 aromatic heterocycles. The lowest BCUT2D eigenvalue weighted by Gasteiger charge is -2.17. The first-order valence-electron chi connectivity index (χ1n) is 7.29. The predicted molar refractivity (Wildman–Crippen MR) is 79.3 cm³/mol. The van der Waals surface area contributed by atoms with Crippen LogP contribution in [-0.2, 0) is 0 Å². The first-order chi connectivity index (χ1) is 9.34. The van der Waals surface area contributed by atoms with Gasteiger partial charge in [-0.25, -0.2) is 5.32 Å². The summed E-state index contributed by atoms with van der Waals surface area (Å²) in [4.78, 5) is 0. The number of nitrogens with zero attached hydrogens (tertiary/aromatic N) is 1. The van der Waals surface area contributed by atoms with Crippen molar-refractivity contribution in [2.24, 2.45) is 0 Å². The third-order valence-electron chi connectivity index (χ3n) is 4.62. The summed E-state index contributed by atoms with van der Waals surface area (Å²) in [6.07, 6.45) is 5.42. The minimum Gasteiger partial charge on any atom is -0.247 e. The van der Waals surface area contributed by atoms with Gasteiger partial charge < -0.3 is 0 Å². The Hall–Kier alpha value is -1.76. The molecular formula is C18H18N. The van der Waals surface area contributed by atoms with E-state index in [0.29, 0.717) is 0 Å². The lowest BCUT2D eigenvalue weighted by atomic mass is 9.89. The number of aryl methyl sites for hydroxylation is 1. The van der Waals surface area contributed by atoms with Crippen molar-refractivity contribution in [1.82, 2.24) is 5.32 Å². The van der Waals surface area contributed by atoms with Gasteiger partial charge in [0.15, 0.2) is 0 Å². The van der Waals surface area contributed by atoms with Crippen LogP contribution in [0, 0.1) is 6.92 Å². The van der Waals surface area contributed by atoms with Crippen LogP contribution in [0.2, 0.25) is 0 Å². The molecule has 0 saturated heterocycles. The molecule has 1 heterocycles. The largest absolute Gasteiger partial charge is 0.247 e. The molecule has 1 fully saturated rings. The maximum atomic E-state index is 4.92. The number of fused-ring (bicyclic) bond motifs is 3. The van der Waals surface area contributed by atoms with E-state index in [2.05, 4.69) is 43.3 Å². The van der Waals surface area contributed by atoms with Crippen LogP contribution < -0.4 is 5.32 Å². The molecule has 0 bridgehead atoms. The predicted octanol–water partition coefficient (Wildman–Crippen LogP) is 5.20. The van der Waals surface area contributed by atoms with E-state index >= 15 is 0 Å². The zero-order valence-electron chi connectivity index (χ0n) is 11.3. The molecule has 2 aromatic carbocycles. The fourth-order valence-electron chi connectivity index (χ4n) is 3.70. The van der Waals surface area contributed by atoms with Gasteiger partial charge >= 0.3 is 0 Å². The van der Waals surface area contributed by atoms with E-state index < -0.39 is 0 Å². The molecule has 1 aliphatic heterocycles. The SMILES string of the molecule is Cc1ccc2c(c1C1CCCC1)[N]c1ccccc1-2. The minimum absolute atomic E-state index is 0.730. The normalized spacial score (nSPS) is 17.1. The van der Waals surface area contributed by atoms with Gasteiger partial charge in [-0.05, 0) is 42.9 Å². The van der Waals surface area contributed by atoms with Crippen LogP contribution in [0.5, 0.6) is 0 Å². The summed E-state index contributed by atoms with van der Waals surface area (Å²) in [7, 11) is 0. The van der Waals surface area contributed by atoms with Gasteiger partial charge in [-0.2, -0.15) is 0 Å². The summed E-state index contributed by atoms with van der Waals surface area (Å²) in [5.74, 6) is 0.730. The quantitative estimate of drug-likeness (QED) is 0.562. The van der Waals surface area contributed by atoms with Crippen LogP contribution in [0.25, 0.3) is 11.1 Å². The summed E-state index contributed by atoms with van der Waals surface area (Å²) < 4.78 is 0. The molecular weight excluding hydrogens is 230 g/mol. The lowest BCUT2D eigenvalue weighted by molar-refractivity contribution is 0.716. The maximum absolute atomic E-state index is 4.92. The van der Waals surface area contributed by atoms with Crippen LogP contribution in [0.4, 0.5) is 11.4 Å². The summed E-state index contributed by atoms with van der Waals surface area (Å²) in [6, 6.07) is 13.0. The van der Waals surface area contributed by atoms with Crippen molar-refractivity contribution < 1.29 is 0 Å². The highest BCUT2D eigenvalue weighted by molar-refractivity contribution is 5.92. The molecule has 0 spiro atoms. The van der Waals surface area contributed by atoms with Crippen LogP contribution >= 0.6 is 0 Å². The molecule has 0 amide bonds. The second-order valence-corrected chi connectivity index (χ2v) is 5.80. The smallest absolute Gasteiger partial charge is 0.0753 e. The maximum Gasteiger partial charge on any atom is 0.0753 e. The van der Waals surface area contributed by atoms with Crippen molar-refractivity contribution >= 4 is 11.4 Å². The molecule has 0 atom stereocenters. The topological polar surface area (TPSA) is 14.1 Å². The van der Waals surface area contributed by atoms with Crippen molar-refractivity contribution in [2.75, 3.05) is 0 Å². The minimum atomic E-state index is 0.730. The Morgan fingerprint density at radius 1 is 0.947 bits per heavy atom. The summed E-state index contributed by atoms with van der Waals surface area (Å²) in [5.41, 5.74) is 7.98. The average Bonchev–Trinajstić information content (AvgIpc) is 3.05.